The summed E-state index contributed by atoms with van der Waals surface area (Å²) >= 11 is 0. The molecule has 1 aromatic carbocycles. The molecule has 0 saturated carbocycles. The number of fused-ring (bicyclic) bond motifs is 1. The van der Waals surface area contributed by atoms with E-state index in [0.29, 0.717) is 24.0 Å². The molecule has 84 valence electrons. The molecule has 0 heterocycles. The van der Waals surface area contributed by atoms with Crippen LogP contribution < -0.4 is 5.32 Å². The highest BCUT2D eigenvalue weighted by Crippen LogP contribution is 2.33. The Kier molecular flexibility index (Phi) is 2.73. The Balaban J connectivity index is 2.32. The topological polar surface area (TPSA) is 29.1 Å². The molecule has 1 aliphatic carbocycles. The molecule has 0 radical (unpaired) electrons. The summed E-state index contributed by atoms with van der Waals surface area (Å²) in [5, 5.41) is 2.65. The van der Waals surface area contributed by atoms with E-state index in [2.05, 4.69) is 11.9 Å². The average molecular weight is 223 g/mol. The second kappa shape index (κ2) is 4.04. The highest BCUT2D eigenvalue weighted by Gasteiger charge is 2.26. The van der Waals surface area contributed by atoms with Crippen LogP contribution in [-0.2, 0) is 11.2 Å². The molecule has 1 amide bonds. The molecule has 1 N–H and O–H groups in total. The summed E-state index contributed by atoms with van der Waals surface area (Å²) < 4.78 is 26.4. The van der Waals surface area contributed by atoms with Crippen LogP contribution in [0.15, 0.2) is 24.8 Å². The van der Waals surface area contributed by atoms with Gasteiger partial charge in [0.1, 0.15) is 11.6 Å². The lowest BCUT2D eigenvalue weighted by molar-refractivity contribution is -0.117. The van der Waals surface area contributed by atoms with Gasteiger partial charge in [-0.3, -0.25) is 4.79 Å². The van der Waals surface area contributed by atoms with Crippen LogP contribution in [0.25, 0.3) is 0 Å². The van der Waals surface area contributed by atoms with Crippen LogP contribution in [0, 0.1) is 11.6 Å². The largest absolute Gasteiger partial charge is 0.346 e. The summed E-state index contributed by atoms with van der Waals surface area (Å²) in [6.07, 6.45) is 2.26. The first-order valence-corrected chi connectivity index (χ1v) is 5.02. The predicted octanol–water partition coefficient (Wildman–Crippen LogP) is 2.25. The van der Waals surface area contributed by atoms with Crippen molar-refractivity contribution in [1.82, 2.24) is 5.32 Å². The van der Waals surface area contributed by atoms with Crippen molar-refractivity contribution >= 4 is 5.91 Å². The van der Waals surface area contributed by atoms with Crippen molar-refractivity contribution in [2.24, 2.45) is 0 Å². The van der Waals surface area contributed by atoms with Crippen molar-refractivity contribution in [1.29, 1.82) is 0 Å². The molecule has 1 unspecified atom stereocenters. The van der Waals surface area contributed by atoms with Crippen LogP contribution >= 0.6 is 0 Å². The third kappa shape index (κ3) is 1.83. The summed E-state index contributed by atoms with van der Waals surface area (Å²) in [4.78, 5) is 11.1. The molecule has 1 aromatic rings. The summed E-state index contributed by atoms with van der Waals surface area (Å²) in [5.41, 5.74) is 1.03. The van der Waals surface area contributed by atoms with E-state index < -0.39 is 11.6 Å². The smallest absolute Gasteiger partial charge is 0.243 e. The van der Waals surface area contributed by atoms with Crippen molar-refractivity contribution in [3.63, 3.8) is 0 Å². The Morgan fingerprint density at radius 3 is 2.94 bits per heavy atom. The molecule has 0 fully saturated rings. The van der Waals surface area contributed by atoms with E-state index in [0.717, 1.165) is 12.1 Å². The lowest BCUT2D eigenvalue weighted by atomic mass is 10.1. The minimum Gasteiger partial charge on any atom is -0.346 e. The molecule has 0 aliphatic heterocycles. The number of rotatable bonds is 2. The van der Waals surface area contributed by atoms with Crippen LogP contribution in [-0.4, -0.2) is 5.91 Å². The van der Waals surface area contributed by atoms with Gasteiger partial charge in [0.05, 0.1) is 6.04 Å². The monoisotopic (exact) mass is 223 g/mol. The quantitative estimate of drug-likeness (QED) is 0.765. The van der Waals surface area contributed by atoms with Crippen LogP contribution in [0.5, 0.6) is 0 Å². The standard InChI is InChI=1S/C12H11F2NO/c1-2-12(16)15-11-4-3-8-9(11)5-7(13)6-10(8)14/h2,5-6,11H,1,3-4H2,(H,15,16). The molecule has 0 saturated heterocycles. The fraction of sp³-hybridized carbons (Fsp3) is 0.250. The number of hydrogen-bond acceptors (Lipinski definition) is 1. The zero-order valence-electron chi connectivity index (χ0n) is 8.59. The van der Waals surface area contributed by atoms with Gasteiger partial charge < -0.3 is 5.32 Å². The van der Waals surface area contributed by atoms with E-state index in [4.69, 9.17) is 0 Å². The molecule has 2 nitrogen and oxygen atoms in total. The fourth-order valence-electron chi connectivity index (χ4n) is 2.02. The predicted molar refractivity (Wildman–Crippen MR) is 55.8 cm³/mol. The molecular formula is C12H11F2NO. The van der Waals surface area contributed by atoms with Gasteiger partial charge in [-0.05, 0) is 36.1 Å². The van der Waals surface area contributed by atoms with Crippen molar-refractivity contribution in [2.45, 2.75) is 18.9 Å². The Morgan fingerprint density at radius 2 is 2.25 bits per heavy atom. The highest BCUT2D eigenvalue weighted by atomic mass is 19.1. The molecule has 16 heavy (non-hydrogen) atoms. The van der Waals surface area contributed by atoms with Gasteiger partial charge in [0.25, 0.3) is 0 Å². The number of carbonyl (C=O) groups excluding carboxylic acids is 1. The fourth-order valence-corrected chi connectivity index (χ4v) is 2.02. The lowest BCUT2D eigenvalue weighted by Crippen LogP contribution is -2.25. The molecule has 0 spiro atoms. The van der Waals surface area contributed by atoms with E-state index in [1.54, 1.807) is 0 Å². The minimum absolute atomic E-state index is 0.314. The van der Waals surface area contributed by atoms with E-state index in [1.165, 1.54) is 6.07 Å². The average Bonchev–Trinajstić information content (AvgIpc) is 2.61. The van der Waals surface area contributed by atoms with Crippen LogP contribution in [0.3, 0.4) is 0 Å². The van der Waals surface area contributed by atoms with Crippen LogP contribution in [0.4, 0.5) is 8.78 Å². The second-order valence-electron chi connectivity index (χ2n) is 3.76. The van der Waals surface area contributed by atoms with Gasteiger partial charge in [-0.25, -0.2) is 8.78 Å². The van der Waals surface area contributed by atoms with Gasteiger partial charge in [0.15, 0.2) is 0 Å². The van der Waals surface area contributed by atoms with Gasteiger partial charge in [-0.1, -0.05) is 6.58 Å². The number of amides is 1. The first-order chi connectivity index (χ1) is 7.61. The van der Waals surface area contributed by atoms with E-state index in [-0.39, 0.29) is 11.9 Å². The lowest BCUT2D eigenvalue weighted by Gasteiger charge is -2.12. The first-order valence-electron chi connectivity index (χ1n) is 5.02. The van der Waals surface area contributed by atoms with E-state index >= 15 is 0 Å². The van der Waals surface area contributed by atoms with Crippen LogP contribution in [0.1, 0.15) is 23.6 Å². The minimum atomic E-state index is -0.615. The van der Waals surface area contributed by atoms with E-state index in [9.17, 15) is 13.6 Å². The van der Waals surface area contributed by atoms with Crippen molar-refractivity contribution < 1.29 is 13.6 Å². The maximum atomic E-state index is 13.4. The highest BCUT2D eigenvalue weighted by molar-refractivity contribution is 5.87. The third-order valence-electron chi connectivity index (χ3n) is 2.76. The van der Waals surface area contributed by atoms with Crippen LogP contribution in [0.2, 0.25) is 0 Å². The maximum absolute atomic E-state index is 13.4. The zero-order chi connectivity index (χ0) is 11.7. The SMILES string of the molecule is C=CC(=O)NC1CCc2c(F)cc(F)cc21. The second-order valence-corrected chi connectivity index (χ2v) is 3.76. The molecule has 0 bridgehead atoms. The first kappa shape index (κ1) is 10.8. The Morgan fingerprint density at radius 1 is 1.50 bits per heavy atom. The van der Waals surface area contributed by atoms with Crippen molar-refractivity contribution in [3.8, 4) is 0 Å². The number of halogens is 2. The number of hydrogen-bond donors (Lipinski definition) is 1. The van der Waals surface area contributed by atoms with Gasteiger partial charge in [-0.15, -0.1) is 0 Å². The summed E-state index contributed by atoms with van der Waals surface area (Å²) in [7, 11) is 0. The van der Waals surface area contributed by atoms with E-state index in [1.807, 2.05) is 0 Å². The third-order valence-corrected chi connectivity index (χ3v) is 2.76. The normalized spacial score (nSPS) is 18.0. The Bertz CT molecular complexity index is 457. The zero-order valence-corrected chi connectivity index (χ0v) is 8.59. The molecular weight excluding hydrogens is 212 g/mol. The number of carbonyl (C=O) groups is 1. The number of benzene rings is 1. The molecule has 0 aromatic heterocycles. The molecule has 4 heteroatoms. The van der Waals surface area contributed by atoms with Crippen molar-refractivity contribution in [3.05, 3.63) is 47.5 Å². The summed E-state index contributed by atoms with van der Waals surface area (Å²) in [5.74, 6) is -1.48. The van der Waals surface area contributed by atoms with Gasteiger partial charge in [0, 0.05) is 6.07 Å². The van der Waals surface area contributed by atoms with Gasteiger partial charge in [0.2, 0.25) is 5.91 Å². The van der Waals surface area contributed by atoms with Gasteiger partial charge in [-0.2, -0.15) is 0 Å². The summed E-state index contributed by atoms with van der Waals surface area (Å²) in [6, 6.07) is 1.83. The molecule has 1 atom stereocenters. The Hall–Kier alpha value is -1.71. The van der Waals surface area contributed by atoms with Gasteiger partial charge >= 0.3 is 0 Å². The Labute approximate surface area is 92.0 Å². The summed E-state index contributed by atoms with van der Waals surface area (Å²) in [6.45, 7) is 3.33. The molecule has 1 aliphatic rings. The van der Waals surface area contributed by atoms with Crippen molar-refractivity contribution in [2.75, 3.05) is 0 Å². The molecule has 2 rings (SSSR count). The number of nitrogens with one attached hydrogen (secondary N) is 1. The maximum Gasteiger partial charge on any atom is 0.243 e.